The van der Waals surface area contributed by atoms with Crippen molar-refractivity contribution in [3.8, 4) is 0 Å². The molecule has 4 nitrogen and oxygen atoms in total. The summed E-state index contributed by atoms with van der Waals surface area (Å²) in [6, 6.07) is 7.24. The van der Waals surface area contributed by atoms with Crippen LogP contribution in [0.5, 0.6) is 0 Å². The number of nitrogens with one attached hydrogen (secondary N) is 1. The Labute approximate surface area is 119 Å². The summed E-state index contributed by atoms with van der Waals surface area (Å²) in [6.07, 6.45) is 2.53. The molecule has 0 bridgehead atoms. The van der Waals surface area contributed by atoms with Gasteiger partial charge in [-0.25, -0.2) is 4.98 Å². The maximum Gasteiger partial charge on any atom is 0.136 e. The lowest BCUT2D eigenvalue weighted by Crippen LogP contribution is -2.31. The molecule has 0 saturated carbocycles. The molecule has 2 atom stereocenters. The molecule has 4 rings (SSSR count). The highest BCUT2D eigenvalue weighted by atomic mass is 16.5. The minimum absolute atomic E-state index is 0.491. The van der Waals surface area contributed by atoms with Crippen molar-refractivity contribution in [2.24, 2.45) is 5.92 Å². The van der Waals surface area contributed by atoms with E-state index in [-0.39, 0.29) is 0 Å². The number of hydrogen-bond donors (Lipinski definition) is 1. The van der Waals surface area contributed by atoms with Crippen LogP contribution in [0.1, 0.15) is 37.2 Å². The van der Waals surface area contributed by atoms with Crippen molar-refractivity contribution >= 4 is 11.0 Å². The SMILES string of the molecule is C[C@H]1CCC(c2ccc3c(c2)nc2n3CCOC2)NC1. The Hall–Kier alpha value is -1.39. The van der Waals surface area contributed by atoms with Gasteiger partial charge in [0.25, 0.3) is 0 Å². The molecule has 20 heavy (non-hydrogen) atoms. The van der Waals surface area contributed by atoms with E-state index in [0.717, 1.165) is 37.0 Å². The monoisotopic (exact) mass is 271 g/mol. The molecule has 2 aliphatic heterocycles. The summed E-state index contributed by atoms with van der Waals surface area (Å²) in [6.45, 7) is 5.79. The number of hydrogen-bond acceptors (Lipinski definition) is 3. The lowest BCUT2D eigenvalue weighted by atomic mass is 9.92. The highest BCUT2D eigenvalue weighted by molar-refractivity contribution is 5.77. The predicted octanol–water partition coefficient (Wildman–Crippen LogP) is 2.63. The molecule has 1 saturated heterocycles. The second kappa shape index (κ2) is 4.86. The van der Waals surface area contributed by atoms with Gasteiger partial charge in [0.05, 0.1) is 17.6 Å². The van der Waals surface area contributed by atoms with E-state index in [1.54, 1.807) is 0 Å². The van der Waals surface area contributed by atoms with E-state index >= 15 is 0 Å². The molecule has 0 radical (unpaired) electrons. The van der Waals surface area contributed by atoms with Gasteiger partial charge in [-0.15, -0.1) is 0 Å². The molecule has 2 aliphatic rings. The Bertz CT molecular complexity index is 626. The average molecular weight is 271 g/mol. The Morgan fingerprint density at radius 2 is 2.30 bits per heavy atom. The topological polar surface area (TPSA) is 39.1 Å². The third kappa shape index (κ3) is 2.03. The minimum atomic E-state index is 0.491. The van der Waals surface area contributed by atoms with E-state index in [4.69, 9.17) is 9.72 Å². The van der Waals surface area contributed by atoms with Crippen LogP contribution < -0.4 is 5.32 Å². The zero-order valence-electron chi connectivity index (χ0n) is 11.9. The first-order valence-corrected chi connectivity index (χ1v) is 7.61. The van der Waals surface area contributed by atoms with Gasteiger partial charge < -0.3 is 14.6 Å². The summed E-state index contributed by atoms with van der Waals surface area (Å²) in [7, 11) is 0. The van der Waals surface area contributed by atoms with Gasteiger partial charge in [0, 0.05) is 12.6 Å². The molecule has 1 aromatic heterocycles. The van der Waals surface area contributed by atoms with Crippen molar-refractivity contribution in [1.29, 1.82) is 0 Å². The lowest BCUT2D eigenvalue weighted by molar-refractivity contribution is 0.0830. The number of nitrogens with zero attached hydrogens (tertiary/aromatic N) is 2. The normalized spacial score (nSPS) is 26.6. The number of piperidine rings is 1. The third-order valence-electron chi connectivity index (χ3n) is 4.60. The van der Waals surface area contributed by atoms with Crippen LogP contribution in [0.15, 0.2) is 18.2 Å². The van der Waals surface area contributed by atoms with Crippen molar-refractivity contribution in [1.82, 2.24) is 14.9 Å². The standard InChI is InChI=1S/C16H21N3O/c1-11-2-4-13(17-9-11)12-3-5-15-14(8-12)18-16-10-20-7-6-19(15)16/h3,5,8,11,13,17H,2,4,6-7,9-10H2,1H3/t11-,13?/m0/s1. The van der Waals surface area contributed by atoms with Crippen molar-refractivity contribution in [2.45, 2.75) is 39.0 Å². The predicted molar refractivity (Wildman–Crippen MR) is 78.5 cm³/mol. The largest absolute Gasteiger partial charge is 0.372 e. The number of aromatic nitrogens is 2. The minimum Gasteiger partial charge on any atom is -0.372 e. The molecule has 0 spiro atoms. The lowest BCUT2D eigenvalue weighted by Gasteiger charge is -2.28. The van der Waals surface area contributed by atoms with Crippen LogP contribution in [0, 0.1) is 5.92 Å². The second-order valence-corrected chi connectivity index (χ2v) is 6.12. The highest BCUT2D eigenvalue weighted by Gasteiger charge is 2.20. The molecule has 1 N–H and O–H groups in total. The molecule has 3 heterocycles. The van der Waals surface area contributed by atoms with Gasteiger partial charge in [-0.3, -0.25) is 0 Å². The maximum absolute atomic E-state index is 5.49. The fourth-order valence-corrected chi connectivity index (χ4v) is 3.38. The molecule has 0 amide bonds. The van der Waals surface area contributed by atoms with E-state index in [9.17, 15) is 0 Å². The second-order valence-electron chi connectivity index (χ2n) is 6.12. The first-order valence-electron chi connectivity index (χ1n) is 7.61. The van der Waals surface area contributed by atoms with Gasteiger partial charge in [-0.1, -0.05) is 13.0 Å². The summed E-state index contributed by atoms with van der Waals surface area (Å²) in [5.41, 5.74) is 3.74. The van der Waals surface area contributed by atoms with Gasteiger partial charge in [-0.05, 0) is 43.0 Å². The van der Waals surface area contributed by atoms with Gasteiger partial charge in [0.15, 0.2) is 0 Å². The molecule has 1 aromatic carbocycles. The molecule has 1 unspecified atom stereocenters. The van der Waals surface area contributed by atoms with Gasteiger partial charge >= 0.3 is 0 Å². The van der Waals surface area contributed by atoms with Gasteiger partial charge in [0.1, 0.15) is 12.4 Å². The zero-order valence-corrected chi connectivity index (χ0v) is 11.9. The zero-order chi connectivity index (χ0) is 13.5. The first kappa shape index (κ1) is 12.4. The number of rotatable bonds is 1. The number of benzene rings is 1. The van der Waals surface area contributed by atoms with Gasteiger partial charge in [-0.2, -0.15) is 0 Å². The molecule has 2 aromatic rings. The Morgan fingerprint density at radius 3 is 3.15 bits per heavy atom. The van der Waals surface area contributed by atoms with Crippen LogP contribution in [0.4, 0.5) is 0 Å². The number of imidazole rings is 1. The first-order chi connectivity index (χ1) is 9.81. The number of fused-ring (bicyclic) bond motifs is 3. The molecule has 0 aliphatic carbocycles. The van der Waals surface area contributed by atoms with Crippen LogP contribution in [-0.4, -0.2) is 22.7 Å². The smallest absolute Gasteiger partial charge is 0.136 e. The summed E-state index contributed by atoms with van der Waals surface area (Å²) in [5.74, 6) is 1.86. The quantitative estimate of drug-likeness (QED) is 0.866. The fraction of sp³-hybridized carbons (Fsp3) is 0.562. The van der Waals surface area contributed by atoms with E-state index < -0.39 is 0 Å². The third-order valence-corrected chi connectivity index (χ3v) is 4.60. The van der Waals surface area contributed by atoms with E-state index in [1.165, 1.54) is 23.9 Å². The van der Waals surface area contributed by atoms with Crippen molar-refractivity contribution < 1.29 is 4.74 Å². The van der Waals surface area contributed by atoms with Crippen LogP contribution in [0.2, 0.25) is 0 Å². The van der Waals surface area contributed by atoms with Crippen molar-refractivity contribution in [3.05, 3.63) is 29.6 Å². The molecule has 4 heteroatoms. The molecule has 1 fully saturated rings. The molecule has 106 valence electrons. The van der Waals surface area contributed by atoms with Crippen LogP contribution in [-0.2, 0) is 17.9 Å². The van der Waals surface area contributed by atoms with Gasteiger partial charge in [0.2, 0.25) is 0 Å². The Kier molecular flexibility index (Phi) is 3.00. The average Bonchev–Trinajstić information content (AvgIpc) is 2.85. The highest BCUT2D eigenvalue weighted by Crippen LogP contribution is 2.28. The van der Waals surface area contributed by atoms with Crippen molar-refractivity contribution in [2.75, 3.05) is 13.2 Å². The summed E-state index contributed by atoms with van der Waals surface area (Å²) in [4.78, 5) is 4.73. The molecular formula is C16H21N3O. The van der Waals surface area contributed by atoms with E-state index in [0.29, 0.717) is 12.6 Å². The Balaban J connectivity index is 1.68. The van der Waals surface area contributed by atoms with Crippen molar-refractivity contribution in [3.63, 3.8) is 0 Å². The number of ether oxygens (including phenoxy) is 1. The van der Waals surface area contributed by atoms with E-state index in [2.05, 4.69) is 35.0 Å². The summed E-state index contributed by atoms with van der Waals surface area (Å²) in [5, 5.41) is 3.65. The molecular weight excluding hydrogens is 250 g/mol. The van der Waals surface area contributed by atoms with E-state index in [1.807, 2.05) is 0 Å². The summed E-state index contributed by atoms with van der Waals surface area (Å²) >= 11 is 0. The maximum atomic E-state index is 5.49. The van der Waals surface area contributed by atoms with Crippen LogP contribution in [0.3, 0.4) is 0 Å². The van der Waals surface area contributed by atoms with Crippen LogP contribution in [0.25, 0.3) is 11.0 Å². The summed E-state index contributed by atoms with van der Waals surface area (Å²) < 4.78 is 7.78. The Morgan fingerprint density at radius 1 is 1.35 bits per heavy atom. The fourth-order valence-electron chi connectivity index (χ4n) is 3.38. The van der Waals surface area contributed by atoms with Crippen LogP contribution >= 0.6 is 0 Å².